The van der Waals surface area contributed by atoms with Crippen molar-refractivity contribution in [2.24, 2.45) is 0 Å². The van der Waals surface area contributed by atoms with Crippen molar-refractivity contribution in [1.29, 1.82) is 0 Å². The molecule has 1 heterocycles. The molecule has 0 bridgehead atoms. The molecule has 5 nitrogen and oxygen atoms in total. The van der Waals surface area contributed by atoms with Gasteiger partial charge in [-0.2, -0.15) is 0 Å². The average molecular weight is 420 g/mol. The molecule has 0 unspecified atom stereocenters. The maximum absolute atomic E-state index is 12.9. The van der Waals surface area contributed by atoms with Crippen molar-refractivity contribution in [3.8, 4) is 11.5 Å². The number of carbonyl (C=O) groups is 1. The molecule has 4 aromatic carbocycles. The first-order chi connectivity index (χ1) is 15.7. The van der Waals surface area contributed by atoms with E-state index in [2.05, 4.69) is 5.32 Å². The molecule has 0 saturated carbocycles. The molecule has 0 atom stereocenters. The molecule has 0 aliphatic rings. The quantitative estimate of drug-likeness (QED) is 0.377. The number of anilines is 1. The molecule has 5 heteroatoms. The smallest absolute Gasteiger partial charge is 0.244 e. The highest BCUT2D eigenvalue weighted by molar-refractivity contribution is 5.97. The maximum atomic E-state index is 12.9. The van der Waals surface area contributed by atoms with Gasteiger partial charge in [0.15, 0.2) is 5.43 Å². The van der Waals surface area contributed by atoms with Crippen LogP contribution in [0.3, 0.4) is 0 Å². The summed E-state index contributed by atoms with van der Waals surface area (Å²) in [4.78, 5) is 25.7. The predicted octanol–water partition coefficient (Wildman–Crippen LogP) is 5.59. The second-order valence-corrected chi connectivity index (χ2v) is 7.44. The first kappa shape index (κ1) is 19.6. The number of benzene rings is 4. The summed E-state index contributed by atoms with van der Waals surface area (Å²) in [6, 6.07) is 31.5. The van der Waals surface area contributed by atoms with Crippen molar-refractivity contribution in [1.82, 2.24) is 4.57 Å². The number of nitrogens with zero attached hydrogens (tertiary/aromatic N) is 1. The van der Waals surface area contributed by atoms with Crippen molar-refractivity contribution >= 4 is 33.4 Å². The highest BCUT2D eigenvalue weighted by Gasteiger charge is 2.13. The van der Waals surface area contributed by atoms with Gasteiger partial charge in [0.1, 0.15) is 18.0 Å². The molecule has 0 aliphatic carbocycles. The molecule has 1 amide bonds. The van der Waals surface area contributed by atoms with Gasteiger partial charge in [-0.1, -0.05) is 42.5 Å². The fourth-order valence-corrected chi connectivity index (χ4v) is 3.82. The van der Waals surface area contributed by atoms with Crippen LogP contribution in [-0.4, -0.2) is 10.5 Å². The van der Waals surface area contributed by atoms with Gasteiger partial charge in [-0.15, -0.1) is 0 Å². The van der Waals surface area contributed by atoms with Crippen LogP contribution in [-0.2, 0) is 11.3 Å². The predicted molar refractivity (Wildman–Crippen MR) is 127 cm³/mol. The van der Waals surface area contributed by atoms with E-state index in [4.69, 9.17) is 4.74 Å². The normalized spacial score (nSPS) is 10.9. The Morgan fingerprint density at radius 1 is 0.688 bits per heavy atom. The number of hydrogen-bond acceptors (Lipinski definition) is 3. The molecule has 0 saturated heterocycles. The largest absolute Gasteiger partial charge is 0.457 e. The summed E-state index contributed by atoms with van der Waals surface area (Å²) in [5.74, 6) is 1.26. The van der Waals surface area contributed by atoms with E-state index in [1.807, 2.05) is 83.4 Å². The van der Waals surface area contributed by atoms with E-state index in [9.17, 15) is 9.59 Å². The Labute approximate surface area is 184 Å². The van der Waals surface area contributed by atoms with Crippen molar-refractivity contribution in [3.05, 3.63) is 113 Å². The lowest BCUT2D eigenvalue weighted by atomic mass is 10.1. The zero-order valence-corrected chi connectivity index (χ0v) is 17.2. The van der Waals surface area contributed by atoms with Crippen molar-refractivity contribution < 1.29 is 9.53 Å². The Balaban J connectivity index is 1.39. The lowest BCUT2D eigenvalue weighted by Gasteiger charge is -2.15. The van der Waals surface area contributed by atoms with Gasteiger partial charge in [0.05, 0.1) is 11.0 Å². The zero-order chi connectivity index (χ0) is 21.9. The molecule has 0 spiro atoms. The molecule has 5 rings (SSSR count). The number of carbonyl (C=O) groups excluding carboxylic acids is 1. The minimum absolute atomic E-state index is 0.0261. The first-order valence-corrected chi connectivity index (χ1v) is 10.3. The topological polar surface area (TPSA) is 60.3 Å². The number of rotatable bonds is 5. The Bertz CT molecular complexity index is 1410. The molecule has 1 N–H and O–H groups in total. The molecular weight excluding hydrogens is 400 g/mol. The van der Waals surface area contributed by atoms with Crippen LogP contribution in [0.15, 0.2) is 108 Å². The first-order valence-electron chi connectivity index (χ1n) is 10.3. The molecule has 5 aromatic rings. The molecule has 0 radical (unpaired) electrons. The Morgan fingerprint density at radius 2 is 1.22 bits per heavy atom. The summed E-state index contributed by atoms with van der Waals surface area (Å²) in [6.07, 6.45) is 0. The van der Waals surface area contributed by atoms with Crippen LogP contribution in [0.1, 0.15) is 0 Å². The lowest BCUT2D eigenvalue weighted by Crippen LogP contribution is -2.21. The van der Waals surface area contributed by atoms with Crippen LogP contribution in [0.2, 0.25) is 0 Å². The van der Waals surface area contributed by atoms with E-state index in [0.29, 0.717) is 22.2 Å². The van der Waals surface area contributed by atoms with Gasteiger partial charge in [-0.05, 0) is 60.7 Å². The molecule has 1 aromatic heterocycles. The van der Waals surface area contributed by atoms with Crippen molar-refractivity contribution in [2.45, 2.75) is 6.54 Å². The number of aromatic nitrogens is 1. The third-order valence-electron chi connectivity index (χ3n) is 5.30. The highest BCUT2D eigenvalue weighted by atomic mass is 16.5. The fraction of sp³-hybridized carbons (Fsp3) is 0.0370. The van der Waals surface area contributed by atoms with Gasteiger partial charge < -0.3 is 14.6 Å². The monoisotopic (exact) mass is 420 g/mol. The van der Waals surface area contributed by atoms with Gasteiger partial charge in [-0.25, -0.2) is 0 Å². The SMILES string of the molecule is O=C(Cn1c2ccccc2c(=O)c2ccccc21)Nc1ccc(Oc2ccccc2)cc1. The summed E-state index contributed by atoms with van der Waals surface area (Å²) in [5.41, 5.74) is 2.11. The zero-order valence-electron chi connectivity index (χ0n) is 17.2. The van der Waals surface area contributed by atoms with E-state index < -0.39 is 0 Å². The number of ether oxygens (including phenoxy) is 1. The Morgan fingerprint density at radius 3 is 1.84 bits per heavy atom. The Hall–Kier alpha value is -4.38. The van der Waals surface area contributed by atoms with Crippen LogP contribution in [0.5, 0.6) is 11.5 Å². The number of para-hydroxylation sites is 3. The molecular formula is C27H20N2O3. The fourth-order valence-electron chi connectivity index (χ4n) is 3.82. The van der Waals surface area contributed by atoms with Crippen LogP contribution < -0.4 is 15.5 Å². The third-order valence-corrected chi connectivity index (χ3v) is 5.30. The van der Waals surface area contributed by atoms with E-state index in [1.54, 1.807) is 24.3 Å². The van der Waals surface area contributed by atoms with Crippen LogP contribution in [0.4, 0.5) is 5.69 Å². The lowest BCUT2D eigenvalue weighted by molar-refractivity contribution is -0.116. The van der Waals surface area contributed by atoms with Crippen LogP contribution >= 0.6 is 0 Å². The van der Waals surface area contributed by atoms with Gasteiger partial charge in [0.25, 0.3) is 0 Å². The van der Waals surface area contributed by atoms with E-state index in [0.717, 1.165) is 16.8 Å². The average Bonchev–Trinajstić information content (AvgIpc) is 2.84. The van der Waals surface area contributed by atoms with E-state index >= 15 is 0 Å². The summed E-state index contributed by atoms with van der Waals surface area (Å²) in [6.45, 7) is 0.0869. The number of hydrogen-bond donors (Lipinski definition) is 1. The van der Waals surface area contributed by atoms with Gasteiger partial charge in [-0.3, -0.25) is 9.59 Å². The highest BCUT2D eigenvalue weighted by Crippen LogP contribution is 2.23. The van der Waals surface area contributed by atoms with Crippen LogP contribution in [0, 0.1) is 0 Å². The second kappa shape index (κ2) is 8.40. The molecule has 0 fully saturated rings. The van der Waals surface area contributed by atoms with E-state index in [1.165, 1.54) is 0 Å². The molecule has 156 valence electrons. The standard InChI is InChI=1S/C27H20N2O3/c30-26(28-19-14-16-21(17-15-19)32-20-8-2-1-3-9-20)18-29-24-12-6-4-10-22(24)27(31)23-11-5-7-13-25(23)29/h1-17H,18H2,(H,28,30). The summed E-state index contributed by atoms with van der Waals surface area (Å²) in [7, 11) is 0. The third kappa shape index (κ3) is 3.84. The van der Waals surface area contributed by atoms with Crippen molar-refractivity contribution in [3.63, 3.8) is 0 Å². The van der Waals surface area contributed by atoms with Crippen LogP contribution in [0.25, 0.3) is 21.8 Å². The van der Waals surface area contributed by atoms with E-state index in [-0.39, 0.29) is 17.9 Å². The number of amides is 1. The maximum Gasteiger partial charge on any atom is 0.244 e. The minimum Gasteiger partial charge on any atom is -0.457 e. The number of nitrogens with one attached hydrogen (secondary N) is 1. The minimum atomic E-state index is -0.180. The summed E-state index contributed by atoms with van der Waals surface area (Å²) < 4.78 is 7.68. The Kier molecular flexibility index (Phi) is 5.14. The molecule has 0 aliphatic heterocycles. The van der Waals surface area contributed by atoms with Gasteiger partial charge >= 0.3 is 0 Å². The molecule has 32 heavy (non-hydrogen) atoms. The summed E-state index contributed by atoms with van der Waals surface area (Å²) in [5, 5.41) is 4.13. The van der Waals surface area contributed by atoms with Crippen molar-refractivity contribution in [2.75, 3.05) is 5.32 Å². The van der Waals surface area contributed by atoms with Gasteiger partial charge in [0, 0.05) is 16.5 Å². The number of pyridine rings is 1. The second-order valence-electron chi connectivity index (χ2n) is 7.44. The number of fused-ring (bicyclic) bond motifs is 2. The summed E-state index contributed by atoms with van der Waals surface area (Å²) >= 11 is 0. The van der Waals surface area contributed by atoms with Gasteiger partial charge in [0.2, 0.25) is 5.91 Å².